The van der Waals surface area contributed by atoms with Gasteiger partial charge in [0.05, 0.1) is 0 Å². The van der Waals surface area contributed by atoms with Gasteiger partial charge in [-0.15, -0.1) is 0 Å². The smallest absolute Gasteiger partial charge is 0.342 e. The van der Waals surface area contributed by atoms with Crippen LogP contribution in [0.2, 0.25) is 0 Å². The minimum Gasteiger partial charge on any atom is -0.378 e. The Labute approximate surface area is 119 Å². The van der Waals surface area contributed by atoms with Crippen LogP contribution in [0.3, 0.4) is 0 Å². The molecule has 0 unspecified atom stereocenters. The molecule has 21 heavy (non-hydrogen) atoms. The maximum atomic E-state index is 13.6. The van der Waals surface area contributed by atoms with E-state index in [1.165, 1.54) is 6.07 Å². The van der Waals surface area contributed by atoms with Crippen LogP contribution in [0.25, 0.3) is 10.9 Å². The molecule has 3 rings (SSSR count). The lowest BCUT2D eigenvalue weighted by molar-refractivity contribution is 0.477. The van der Waals surface area contributed by atoms with E-state index in [2.05, 4.69) is 4.98 Å². The monoisotopic (exact) mass is 309 g/mol. The number of benzene rings is 2. The molecule has 4 nitrogen and oxygen atoms in total. The molecule has 1 aromatic heterocycles. The molecule has 0 saturated heterocycles. The van der Waals surface area contributed by atoms with E-state index in [4.69, 9.17) is 4.18 Å². The molecule has 0 atom stereocenters. The van der Waals surface area contributed by atoms with Gasteiger partial charge in [-0.1, -0.05) is 6.07 Å². The Morgan fingerprint density at radius 1 is 1.05 bits per heavy atom. The molecule has 1 N–H and O–H groups in total. The van der Waals surface area contributed by atoms with Crippen LogP contribution in [0, 0.1) is 11.6 Å². The lowest BCUT2D eigenvalue weighted by Crippen LogP contribution is -2.12. The van der Waals surface area contributed by atoms with Crippen molar-refractivity contribution in [2.45, 2.75) is 4.90 Å². The molecule has 7 heteroatoms. The van der Waals surface area contributed by atoms with Gasteiger partial charge in [-0.25, -0.2) is 8.78 Å². The fourth-order valence-corrected chi connectivity index (χ4v) is 2.97. The largest absolute Gasteiger partial charge is 0.378 e. The van der Waals surface area contributed by atoms with Crippen LogP contribution >= 0.6 is 0 Å². The van der Waals surface area contributed by atoms with E-state index in [1.807, 2.05) is 0 Å². The molecule has 0 aliphatic heterocycles. The summed E-state index contributed by atoms with van der Waals surface area (Å²) in [6.07, 6.45) is 1.63. The number of aromatic nitrogens is 1. The Morgan fingerprint density at radius 2 is 1.86 bits per heavy atom. The maximum Gasteiger partial charge on any atom is 0.342 e. The zero-order valence-corrected chi connectivity index (χ0v) is 11.3. The predicted molar refractivity (Wildman–Crippen MR) is 72.5 cm³/mol. The summed E-state index contributed by atoms with van der Waals surface area (Å²) in [5.41, 5.74) is 0.683. The number of hydrogen-bond acceptors (Lipinski definition) is 3. The summed E-state index contributed by atoms with van der Waals surface area (Å²) in [6.45, 7) is 0. The number of hydrogen-bond donors (Lipinski definition) is 1. The second-order valence-corrected chi connectivity index (χ2v) is 5.82. The SMILES string of the molecule is O=S(=O)(Oc1cccc2[nH]ccc12)c1ccc(F)cc1F. The third-order valence-corrected chi connectivity index (χ3v) is 4.19. The van der Waals surface area contributed by atoms with Crippen LogP contribution < -0.4 is 4.18 Å². The molecule has 3 aromatic rings. The highest BCUT2D eigenvalue weighted by molar-refractivity contribution is 7.87. The van der Waals surface area contributed by atoms with Crippen molar-refractivity contribution in [3.05, 3.63) is 60.3 Å². The predicted octanol–water partition coefficient (Wildman–Crippen LogP) is 3.21. The van der Waals surface area contributed by atoms with Gasteiger partial charge in [0.1, 0.15) is 16.5 Å². The molecule has 0 amide bonds. The first kappa shape index (κ1) is 13.6. The fourth-order valence-electron chi connectivity index (χ4n) is 1.97. The quantitative estimate of drug-likeness (QED) is 0.756. The zero-order chi connectivity index (χ0) is 15.0. The van der Waals surface area contributed by atoms with Crippen molar-refractivity contribution in [3.63, 3.8) is 0 Å². The van der Waals surface area contributed by atoms with E-state index in [9.17, 15) is 17.2 Å². The Bertz CT molecular complexity index is 919. The van der Waals surface area contributed by atoms with E-state index in [1.54, 1.807) is 24.4 Å². The Morgan fingerprint density at radius 3 is 2.62 bits per heavy atom. The molecular formula is C14H9F2NO3S. The normalized spacial score (nSPS) is 11.7. The average Bonchev–Trinajstić information content (AvgIpc) is 2.87. The van der Waals surface area contributed by atoms with E-state index in [0.717, 1.165) is 12.1 Å². The van der Waals surface area contributed by atoms with E-state index in [0.29, 0.717) is 17.0 Å². The topological polar surface area (TPSA) is 59.2 Å². The molecule has 0 aliphatic rings. The van der Waals surface area contributed by atoms with Crippen molar-refractivity contribution in [1.82, 2.24) is 4.98 Å². The van der Waals surface area contributed by atoms with Gasteiger partial charge < -0.3 is 9.17 Å². The summed E-state index contributed by atoms with van der Waals surface area (Å²) in [7, 11) is -4.39. The highest BCUT2D eigenvalue weighted by atomic mass is 32.2. The van der Waals surface area contributed by atoms with Crippen molar-refractivity contribution < 1.29 is 21.4 Å². The van der Waals surface area contributed by atoms with Gasteiger partial charge in [0.15, 0.2) is 5.75 Å². The lowest BCUT2D eigenvalue weighted by atomic mass is 10.2. The first-order valence-electron chi connectivity index (χ1n) is 5.93. The second-order valence-electron chi connectivity index (χ2n) is 4.31. The summed E-state index contributed by atoms with van der Waals surface area (Å²) in [4.78, 5) is 2.19. The van der Waals surface area contributed by atoms with Crippen molar-refractivity contribution in [3.8, 4) is 5.75 Å². The van der Waals surface area contributed by atoms with Gasteiger partial charge >= 0.3 is 10.1 Å². The van der Waals surface area contributed by atoms with Gasteiger partial charge in [-0.05, 0) is 30.3 Å². The van der Waals surface area contributed by atoms with Crippen LogP contribution in [0.5, 0.6) is 5.75 Å². The van der Waals surface area contributed by atoms with Crippen molar-refractivity contribution >= 4 is 21.0 Å². The van der Waals surface area contributed by atoms with Gasteiger partial charge in [0.25, 0.3) is 0 Å². The molecule has 0 fully saturated rings. The molecule has 108 valence electrons. The molecule has 1 heterocycles. The Balaban J connectivity index is 2.05. The van der Waals surface area contributed by atoms with Crippen LogP contribution in [0.4, 0.5) is 8.78 Å². The van der Waals surface area contributed by atoms with E-state index < -0.39 is 26.6 Å². The van der Waals surface area contributed by atoms with Crippen LogP contribution in [0.15, 0.2) is 53.6 Å². The molecule has 0 bridgehead atoms. The highest BCUT2D eigenvalue weighted by Crippen LogP contribution is 2.28. The fraction of sp³-hybridized carbons (Fsp3) is 0. The molecular weight excluding hydrogens is 300 g/mol. The number of aromatic amines is 1. The molecule has 0 spiro atoms. The lowest BCUT2D eigenvalue weighted by Gasteiger charge is -2.08. The van der Waals surface area contributed by atoms with Crippen molar-refractivity contribution in [2.24, 2.45) is 0 Å². The van der Waals surface area contributed by atoms with Crippen LogP contribution in [-0.2, 0) is 10.1 Å². The molecule has 0 saturated carbocycles. The minimum atomic E-state index is -4.39. The van der Waals surface area contributed by atoms with E-state index in [-0.39, 0.29) is 5.75 Å². The number of halogens is 2. The number of rotatable bonds is 3. The summed E-state index contributed by atoms with van der Waals surface area (Å²) in [6, 6.07) is 8.62. The zero-order valence-electron chi connectivity index (χ0n) is 10.5. The van der Waals surface area contributed by atoms with Gasteiger partial charge in [-0.3, -0.25) is 0 Å². The first-order chi connectivity index (χ1) is 9.97. The summed E-state index contributed by atoms with van der Waals surface area (Å²) >= 11 is 0. The van der Waals surface area contributed by atoms with Crippen molar-refractivity contribution in [2.75, 3.05) is 0 Å². The first-order valence-corrected chi connectivity index (χ1v) is 7.34. The second kappa shape index (κ2) is 4.85. The molecule has 0 radical (unpaired) electrons. The van der Waals surface area contributed by atoms with E-state index >= 15 is 0 Å². The van der Waals surface area contributed by atoms with Gasteiger partial charge in [-0.2, -0.15) is 8.42 Å². The minimum absolute atomic E-state index is 0.0671. The van der Waals surface area contributed by atoms with Gasteiger partial charge in [0.2, 0.25) is 0 Å². The molecule has 2 aromatic carbocycles. The Kier molecular flexibility index (Phi) is 3.13. The average molecular weight is 309 g/mol. The summed E-state index contributed by atoms with van der Waals surface area (Å²) < 4.78 is 55.6. The number of nitrogens with one attached hydrogen (secondary N) is 1. The standard InChI is InChI=1S/C14H9F2NO3S/c15-9-4-5-14(11(16)8-9)21(18,19)20-13-3-1-2-12-10(13)6-7-17-12/h1-8,17H. The van der Waals surface area contributed by atoms with Crippen LogP contribution in [0.1, 0.15) is 0 Å². The van der Waals surface area contributed by atoms with Crippen LogP contribution in [-0.4, -0.2) is 13.4 Å². The van der Waals surface area contributed by atoms with Gasteiger partial charge in [0, 0.05) is 23.2 Å². The third-order valence-electron chi connectivity index (χ3n) is 2.92. The molecule has 0 aliphatic carbocycles. The highest BCUT2D eigenvalue weighted by Gasteiger charge is 2.22. The Hall–Kier alpha value is -2.41. The number of fused-ring (bicyclic) bond motifs is 1. The third kappa shape index (κ3) is 2.47. The van der Waals surface area contributed by atoms with Crippen molar-refractivity contribution in [1.29, 1.82) is 0 Å². The number of H-pyrrole nitrogens is 1. The summed E-state index contributed by atoms with van der Waals surface area (Å²) in [5.74, 6) is -1.99. The summed E-state index contributed by atoms with van der Waals surface area (Å²) in [5, 5.41) is 0.545. The maximum absolute atomic E-state index is 13.6.